The smallest absolute Gasteiger partial charge is 0.101 e. The molecule has 1 aromatic rings. The number of rotatable bonds is 0. The summed E-state index contributed by atoms with van der Waals surface area (Å²) < 4.78 is 0. The first-order valence-corrected chi connectivity index (χ1v) is 3.26. The topological polar surface area (TPSA) is 47.6 Å². The summed E-state index contributed by atoms with van der Waals surface area (Å²) in [6.07, 6.45) is 0. The third-order valence-corrected chi connectivity index (χ3v) is 1.65. The Kier molecular flexibility index (Phi) is 2.11. The molecule has 0 fully saturated rings. The lowest BCUT2D eigenvalue weighted by molar-refractivity contribution is 1.45. The van der Waals surface area contributed by atoms with Crippen LogP contribution in [0.2, 0.25) is 5.02 Å². The molecule has 0 bridgehead atoms. The fourth-order valence-electron chi connectivity index (χ4n) is 0.705. The number of benzene rings is 1. The summed E-state index contributed by atoms with van der Waals surface area (Å²) in [7, 11) is 0. The number of nitriles is 2. The Balaban J connectivity index is 3.38. The van der Waals surface area contributed by atoms with Crippen molar-refractivity contribution < 1.29 is 0 Å². The zero-order valence-corrected chi connectivity index (χ0v) is 6.26. The van der Waals surface area contributed by atoms with Gasteiger partial charge >= 0.3 is 0 Å². The van der Waals surface area contributed by atoms with E-state index in [1.807, 2.05) is 12.1 Å². The Morgan fingerprint density at radius 1 is 1.09 bits per heavy atom. The van der Waals surface area contributed by atoms with Crippen molar-refractivity contribution in [3.8, 4) is 12.1 Å². The van der Waals surface area contributed by atoms with Gasteiger partial charge in [0.25, 0.3) is 0 Å². The van der Waals surface area contributed by atoms with Crippen molar-refractivity contribution in [2.45, 2.75) is 0 Å². The monoisotopic (exact) mass is 162 g/mol. The van der Waals surface area contributed by atoms with E-state index in [9.17, 15) is 0 Å². The average Bonchev–Trinajstić information content (AvgIpc) is 2.05. The predicted molar refractivity (Wildman–Crippen MR) is 40.9 cm³/mol. The van der Waals surface area contributed by atoms with E-state index < -0.39 is 0 Å². The van der Waals surface area contributed by atoms with E-state index in [1.165, 1.54) is 0 Å². The van der Waals surface area contributed by atoms with Gasteiger partial charge in [0.15, 0.2) is 0 Å². The molecule has 0 amide bonds. The third kappa shape index (κ3) is 1.32. The minimum atomic E-state index is 0.234. The van der Waals surface area contributed by atoms with Crippen molar-refractivity contribution >= 4 is 11.6 Å². The van der Waals surface area contributed by atoms with Crippen molar-refractivity contribution in [1.29, 1.82) is 10.5 Å². The van der Waals surface area contributed by atoms with Gasteiger partial charge in [-0.1, -0.05) is 17.7 Å². The Bertz CT molecular complexity index is 325. The van der Waals surface area contributed by atoms with E-state index in [4.69, 9.17) is 22.1 Å². The van der Waals surface area contributed by atoms with Gasteiger partial charge in [-0.15, -0.1) is 0 Å². The number of halogens is 1. The molecule has 3 heteroatoms. The Hall–Kier alpha value is -1.51. The zero-order valence-electron chi connectivity index (χ0n) is 5.50. The molecular formula is C8H3ClN2. The summed E-state index contributed by atoms with van der Waals surface area (Å²) in [5, 5.41) is 17.2. The fourth-order valence-corrected chi connectivity index (χ4v) is 0.915. The van der Waals surface area contributed by atoms with Gasteiger partial charge in [-0.05, 0) is 12.1 Å². The molecule has 0 aromatic heterocycles. The molecule has 0 unspecified atom stereocenters. The van der Waals surface area contributed by atoms with Crippen LogP contribution in [0, 0.1) is 22.7 Å². The summed E-state index contributed by atoms with van der Waals surface area (Å²) in [6, 6.07) is 8.55. The fraction of sp³-hybridized carbons (Fsp3) is 0. The van der Waals surface area contributed by atoms with Gasteiger partial charge in [-0.2, -0.15) is 10.5 Å². The van der Waals surface area contributed by atoms with Crippen LogP contribution in [0.5, 0.6) is 0 Å². The summed E-state index contributed by atoms with van der Waals surface area (Å²) >= 11 is 5.66. The first-order chi connectivity index (χ1) is 5.29. The van der Waals surface area contributed by atoms with Crippen molar-refractivity contribution in [2.24, 2.45) is 0 Å². The quantitative estimate of drug-likeness (QED) is 0.587. The number of hydrogen-bond acceptors (Lipinski definition) is 2. The molecule has 0 aliphatic rings. The molecule has 0 N–H and O–H groups in total. The Morgan fingerprint density at radius 2 is 1.55 bits per heavy atom. The summed E-state index contributed by atoms with van der Waals surface area (Å²) in [5.41, 5.74) is 0.677. The van der Waals surface area contributed by atoms with Gasteiger partial charge in [0.1, 0.15) is 12.1 Å². The van der Waals surface area contributed by atoms with Gasteiger partial charge in [0.2, 0.25) is 0 Å². The molecule has 52 valence electrons. The van der Waals surface area contributed by atoms with Crippen LogP contribution in [-0.4, -0.2) is 0 Å². The highest BCUT2D eigenvalue weighted by molar-refractivity contribution is 6.32. The molecule has 1 rings (SSSR count). The average molecular weight is 163 g/mol. The standard InChI is InChI=1S/C8H3ClN2/c9-8-6(4-10)2-1-3-7(8)5-11/h1-3H. The zero-order chi connectivity index (χ0) is 8.27. The molecule has 11 heavy (non-hydrogen) atoms. The lowest BCUT2D eigenvalue weighted by Crippen LogP contribution is -1.80. The predicted octanol–water partition coefficient (Wildman–Crippen LogP) is 2.08. The van der Waals surface area contributed by atoms with Crippen molar-refractivity contribution in [1.82, 2.24) is 0 Å². The van der Waals surface area contributed by atoms with E-state index >= 15 is 0 Å². The summed E-state index contributed by atoms with van der Waals surface area (Å²) in [6.45, 7) is 0. The van der Waals surface area contributed by atoms with Gasteiger partial charge in [-0.25, -0.2) is 0 Å². The van der Waals surface area contributed by atoms with Gasteiger partial charge in [-0.3, -0.25) is 0 Å². The molecule has 0 aliphatic heterocycles. The van der Waals surface area contributed by atoms with Gasteiger partial charge < -0.3 is 0 Å². The van der Waals surface area contributed by atoms with E-state index in [-0.39, 0.29) is 5.02 Å². The summed E-state index contributed by atoms with van der Waals surface area (Å²) in [4.78, 5) is 0. The maximum atomic E-state index is 8.49. The second-order valence-electron chi connectivity index (χ2n) is 1.89. The minimum Gasteiger partial charge on any atom is -0.192 e. The van der Waals surface area contributed by atoms with Crippen LogP contribution in [0.3, 0.4) is 0 Å². The Morgan fingerprint density at radius 3 is 1.91 bits per heavy atom. The second-order valence-corrected chi connectivity index (χ2v) is 2.27. The number of hydrogen-bond donors (Lipinski definition) is 0. The van der Waals surface area contributed by atoms with Crippen LogP contribution >= 0.6 is 11.6 Å². The van der Waals surface area contributed by atoms with Crippen LogP contribution in [0.25, 0.3) is 0 Å². The first-order valence-electron chi connectivity index (χ1n) is 2.88. The molecule has 0 saturated carbocycles. The molecule has 0 heterocycles. The molecule has 0 aliphatic carbocycles. The highest BCUT2D eigenvalue weighted by Gasteiger charge is 2.02. The molecule has 2 nitrogen and oxygen atoms in total. The maximum absolute atomic E-state index is 8.49. The maximum Gasteiger partial charge on any atom is 0.101 e. The molecule has 0 saturated heterocycles. The highest BCUT2D eigenvalue weighted by Crippen LogP contribution is 2.18. The molecule has 0 spiro atoms. The van der Waals surface area contributed by atoms with Crippen molar-refractivity contribution in [3.63, 3.8) is 0 Å². The normalized spacial score (nSPS) is 8.27. The molecule has 0 radical (unpaired) electrons. The number of nitrogens with zero attached hydrogens (tertiary/aromatic N) is 2. The van der Waals surface area contributed by atoms with E-state index in [0.717, 1.165) is 0 Å². The lowest BCUT2D eigenvalue weighted by atomic mass is 10.1. The Labute approximate surface area is 69.2 Å². The second kappa shape index (κ2) is 3.05. The van der Waals surface area contributed by atoms with Crippen LogP contribution in [0.4, 0.5) is 0 Å². The summed E-state index contributed by atoms with van der Waals surface area (Å²) in [5.74, 6) is 0. The van der Waals surface area contributed by atoms with Crippen LogP contribution in [0.1, 0.15) is 11.1 Å². The van der Waals surface area contributed by atoms with E-state index in [0.29, 0.717) is 11.1 Å². The molecule has 1 aromatic carbocycles. The van der Waals surface area contributed by atoms with Crippen LogP contribution in [0.15, 0.2) is 18.2 Å². The third-order valence-electron chi connectivity index (χ3n) is 1.24. The van der Waals surface area contributed by atoms with Crippen LogP contribution < -0.4 is 0 Å². The van der Waals surface area contributed by atoms with Crippen molar-refractivity contribution in [2.75, 3.05) is 0 Å². The van der Waals surface area contributed by atoms with Crippen molar-refractivity contribution in [3.05, 3.63) is 34.3 Å². The highest BCUT2D eigenvalue weighted by atomic mass is 35.5. The van der Waals surface area contributed by atoms with Gasteiger partial charge in [0.05, 0.1) is 16.1 Å². The van der Waals surface area contributed by atoms with E-state index in [2.05, 4.69) is 0 Å². The first kappa shape index (κ1) is 7.60. The molecular weight excluding hydrogens is 160 g/mol. The van der Waals surface area contributed by atoms with Gasteiger partial charge in [0, 0.05) is 0 Å². The largest absolute Gasteiger partial charge is 0.192 e. The van der Waals surface area contributed by atoms with E-state index in [1.54, 1.807) is 18.2 Å². The minimum absolute atomic E-state index is 0.234. The lowest BCUT2D eigenvalue weighted by Gasteiger charge is -1.94. The SMILES string of the molecule is N#Cc1cccc(C#N)c1Cl. The molecule has 0 atom stereocenters. The van der Waals surface area contributed by atoms with Crippen LogP contribution in [-0.2, 0) is 0 Å².